The lowest BCUT2D eigenvalue weighted by molar-refractivity contribution is 0.102. The number of carbonyl (C=O) groups excluding carboxylic acids is 1. The fourth-order valence-corrected chi connectivity index (χ4v) is 2.71. The molecule has 1 N–H and O–H groups in total. The van der Waals surface area contributed by atoms with Crippen LogP contribution in [0.15, 0.2) is 48.8 Å². The smallest absolute Gasteiger partial charge is 0.257 e. The van der Waals surface area contributed by atoms with Gasteiger partial charge in [-0.15, -0.1) is 10.2 Å². The molecule has 0 saturated carbocycles. The largest absolute Gasteiger partial charge is 0.322 e. The molecule has 0 spiro atoms. The highest BCUT2D eigenvalue weighted by Gasteiger charge is 2.13. The quantitative estimate of drug-likeness (QED) is 0.743. The van der Waals surface area contributed by atoms with Gasteiger partial charge in [-0.05, 0) is 31.2 Å². The van der Waals surface area contributed by atoms with Gasteiger partial charge >= 0.3 is 0 Å². The van der Waals surface area contributed by atoms with E-state index in [4.69, 9.17) is 23.2 Å². The summed E-state index contributed by atoms with van der Waals surface area (Å²) in [4.78, 5) is 12.4. The molecule has 0 aliphatic carbocycles. The molecule has 2 aromatic carbocycles. The minimum atomic E-state index is -0.323. The van der Waals surface area contributed by atoms with Gasteiger partial charge in [0.1, 0.15) is 6.33 Å². The molecule has 0 saturated heterocycles. The number of anilines is 1. The zero-order valence-electron chi connectivity index (χ0n) is 12.8. The van der Waals surface area contributed by atoms with Crippen LogP contribution in [-0.4, -0.2) is 20.7 Å². The van der Waals surface area contributed by atoms with Gasteiger partial charge < -0.3 is 9.88 Å². The van der Waals surface area contributed by atoms with Crippen LogP contribution in [0.5, 0.6) is 0 Å². The Morgan fingerprint density at radius 2 is 2.00 bits per heavy atom. The first-order valence-corrected chi connectivity index (χ1v) is 8.09. The molecule has 0 aliphatic rings. The number of amides is 1. The molecule has 0 atom stereocenters. The van der Waals surface area contributed by atoms with Gasteiger partial charge in [0.2, 0.25) is 0 Å². The summed E-state index contributed by atoms with van der Waals surface area (Å²) < 4.78 is 1.93. The molecule has 7 heteroatoms. The number of nitrogens with one attached hydrogen (secondary N) is 1. The number of hydrogen-bond acceptors (Lipinski definition) is 3. The van der Waals surface area contributed by atoms with Crippen molar-refractivity contribution in [3.63, 3.8) is 0 Å². The molecule has 0 unspecified atom stereocenters. The molecule has 0 radical (unpaired) electrons. The molecule has 24 heavy (non-hydrogen) atoms. The number of benzene rings is 2. The van der Waals surface area contributed by atoms with Gasteiger partial charge in [0.15, 0.2) is 5.82 Å². The Morgan fingerprint density at radius 3 is 2.79 bits per heavy atom. The highest BCUT2D eigenvalue weighted by atomic mass is 35.5. The lowest BCUT2D eigenvalue weighted by Gasteiger charge is -2.09. The average molecular weight is 361 g/mol. The average Bonchev–Trinajstić information content (AvgIpc) is 3.06. The summed E-state index contributed by atoms with van der Waals surface area (Å²) in [5.74, 6) is 0.422. The molecular weight excluding hydrogens is 347 g/mol. The van der Waals surface area contributed by atoms with Crippen molar-refractivity contribution in [3.05, 3.63) is 64.4 Å². The van der Waals surface area contributed by atoms with Crippen LogP contribution in [0.2, 0.25) is 10.0 Å². The van der Waals surface area contributed by atoms with E-state index in [1.54, 1.807) is 30.6 Å². The second-order valence-electron chi connectivity index (χ2n) is 5.08. The number of nitrogens with zero attached hydrogens (tertiary/aromatic N) is 3. The number of carbonyl (C=O) groups is 1. The maximum Gasteiger partial charge on any atom is 0.257 e. The van der Waals surface area contributed by atoms with Crippen molar-refractivity contribution in [2.24, 2.45) is 0 Å². The number of halogens is 2. The Hall–Kier alpha value is -2.37. The van der Waals surface area contributed by atoms with Crippen LogP contribution >= 0.6 is 23.2 Å². The molecular formula is C17H14Cl2N4O. The second kappa shape index (κ2) is 7.03. The van der Waals surface area contributed by atoms with Gasteiger partial charge in [-0.25, -0.2) is 0 Å². The Labute approximate surface area is 149 Å². The summed E-state index contributed by atoms with van der Waals surface area (Å²) in [6, 6.07) is 12.3. The lowest BCUT2D eigenvalue weighted by atomic mass is 10.1. The number of aromatic nitrogens is 3. The van der Waals surface area contributed by atoms with E-state index in [0.717, 1.165) is 17.9 Å². The van der Waals surface area contributed by atoms with Crippen LogP contribution in [0, 0.1) is 0 Å². The van der Waals surface area contributed by atoms with E-state index in [9.17, 15) is 4.79 Å². The molecule has 5 nitrogen and oxygen atoms in total. The molecule has 0 aliphatic heterocycles. The van der Waals surface area contributed by atoms with E-state index in [0.29, 0.717) is 16.3 Å². The van der Waals surface area contributed by atoms with E-state index in [-0.39, 0.29) is 10.9 Å². The zero-order chi connectivity index (χ0) is 17.1. The maximum atomic E-state index is 12.4. The summed E-state index contributed by atoms with van der Waals surface area (Å²) >= 11 is 12.0. The third-order valence-corrected chi connectivity index (χ3v) is 4.35. The molecule has 1 amide bonds. The molecule has 3 aromatic rings. The van der Waals surface area contributed by atoms with Crippen LogP contribution in [0.4, 0.5) is 5.69 Å². The predicted octanol–water partition coefficient (Wildman–Crippen LogP) is 4.52. The third-order valence-electron chi connectivity index (χ3n) is 3.53. The van der Waals surface area contributed by atoms with Crippen molar-refractivity contribution >= 4 is 34.8 Å². The summed E-state index contributed by atoms with van der Waals surface area (Å²) in [6.45, 7) is 2.77. The minimum Gasteiger partial charge on any atom is -0.322 e. The summed E-state index contributed by atoms with van der Waals surface area (Å²) in [5, 5.41) is 11.4. The van der Waals surface area contributed by atoms with Gasteiger partial charge in [0, 0.05) is 17.8 Å². The van der Waals surface area contributed by atoms with E-state index in [1.807, 2.05) is 29.7 Å². The molecule has 1 aromatic heterocycles. The highest BCUT2D eigenvalue weighted by Crippen LogP contribution is 2.27. The Bertz CT molecular complexity index is 892. The molecule has 122 valence electrons. The van der Waals surface area contributed by atoms with Crippen LogP contribution in [0.1, 0.15) is 17.3 Å². The van der Waals surface area contributed by atoms with Gasteiger partial charge in [-0.3, -0.25) is 4.79 Å². The van der Waals surface area contributed by atoms with Gasteiger partial charge in [0.05, 0.1) is 15.6 Å². The van der Waals surface area contributed by atoms with Crippen LogP contribution in [0.25, 0.3) is 11.4 Å². The molecule has 1 heterocycles. The van der Waals surface area contributed by atoms with E-state index < -0.39 is 0 Å². The monoisotopic (exact) mass is 360 g/mol. The third kappa shape index (κ3) is 3.27. The van der Waals surface area contributed by atoms with Crippen LogP contribution < -0.4 is 5.32 Å². The van der Waals surface area contributed by atoms with Crippen LogP contribution in [0.3, 0.4) is 0 Å². The first-order chi connectivity index (χ1) is 11.6. The first kappa shape index (κ1) is 16.5. The predicted molar refractivity (Wildman–Crippen MR) is 95.5 cm³/mol. The molecule has 0 bridgehead atoms. The second-order valence-corrected chi connectivity index (χ2v) is 5.86. The van der Waals surface area contributed by atoms with Crippen molar-refractivity contribution in [2.45, 2.75) is 13.5 Å². The Kier molecular flexibility index (Phi) is 4.83. The lowest BCUT2D eigenvalue weighted by Crippen LogP contribution is -2.12. The van der Waals surface area contributed by atoms with E-state index in [1.165, 1.54) is 0 Å². The van der Waals surface area contributed by atoms with Crippen LogP contribution in [-0.2, 0) is 6.54 Å². The fraction of sp³-hybridized carbons (Fsp3) is 0.118. The van der Waals surface area contributed by atoms with Crippen molar-refractivity contribution in [1.29, 1.82) is 0 Å². The topological polar surface area (TPSA) is 59.8 Å². The normalized spacial score (nSPS) is 10.6. The first-order valence-electron chi connectivity index (χ1n) is 7.33. The van der Waals surface area contributed by atoms with Crippen molar-refractivity contribution in [3.8, 4) is 11.4 Å². The van der Waals surface area contributed by atoms with Gasteiger partial charge in [0.25, 0.3) is 5.91 Å². The van der Waals surface area contributed by atoms with E-state index >= 15 is 0 Å². The maximum absolute atomic E-state index is 12.4. The SMILES string of the molecule is CCn1cnnc1-c1cccc(NC(=O)c2cccc(Cl)c2Cl)c1. The van der Waals surface area contributed by atoms with Crippen molar-refractivity contribution in [1.82, 2.24) is 14.8 Å². The fourth-order valence-electron chi connectivity index (χ4n) is 2.32. The Morgan fingerprint density at radius 1 is 1.21 bits per heavy atom. The number of aryl methyl sites for hydroxylation is 1. The van der Waals surface area contributed by atoms with Crippen molar-refractivity contribution < 1.29 is 4.79 Å². The van der Waals surface area contributed by atoms with E-state index in [2.05, 4.69) is 15.5 Å². The number of rotatable bonds is 4. The zero-order valence-corrected chi connectivity index (χ0v) is 14.3. The van der Waals surface area contributed by atoms with Gasteiger partial charge in [-0.2, -0.15) is 0 Å². The molecule has 0 fully saturated rings. The van der Waals surface area contributed by atoms with Gasteiger partial charge in [-0.1, -0.05) is 41.4 Å². The highest BCUT2D eigenvalue weighted by molar-refractivity contribution is 6.44. The van der Waals surface area contributed by atoms with Crippen molar-refractivity contribution in [2.75, 3.05) is 5.32 Å². The minimum absolute atomic E-state index is 0.235. The molecule has 3 rings (SSSR count). The summed E-state index contributed by atoms with van der Waals surface area (Å²) in [6.07, 6.45) is 1.67. The summed E-state index contributed by atoms with van der Waals surface area (Å²) in [7, 11) is 0. The summed E-state index contributed by atoms with van der Waals surface area (Å²) in [5.41, 5.74) is 1.83. The standard InChI is InChI=1S/C17H14Cl2N4O/c1-2-23-10-20-22-16(23)11-5-3-6-12(9-11)21-17(24)13-7-4-8-14(18)15(13)19/h3-10H,2H2,1H3,(H,21,24). The Balaban J connectivity index is 1.87. The number of hydrogen-bond donors (Lipinski definition) is 1.